The van der Waals surface area contributed by atoms with E-state index in [0.29, 0.717) is 38.4 Å². The molecule has 1 amide bonds. The van der Waals surface area contributed by atoms with E-state index in [1.54, 1.807) is 17.6 Å². The molecule has 6 nitrogen and oxygen atoms in total. The van der Waals surface area contributed by atoms with Crippen LogP contribution in [0.25, 0.3) is 39.9 Å². The minimum atomic E-state index is -0.640. The fourth-order valence-electron chi connectivity index (χ4n) is 2.58. The zero-order chi connectivity index (χ0) is 14.8. The molecule has 1 aromatic carbocycles. The third kappa shape index (κ3) is 2.50. The maximum absolute atomic E-state index is 11.4. The van der Waals surface area contributed by atoms with Crippen LogP contribution in [0.15, 0.2) is 6.07 Å². The number of rotatable bonds is 1. The number of pyridine rings is 1. The first kappa shape index (κ1) is 19.5. The van der Waals surface area contributed by atoms with Crippen molar-refractivity contribution in [3.63, 3.8) is 0 Å². The Morgan fingerprint density at radius 1 is 1.32 bits per heavy atom. The van der Waals surface area contributed by atoms with Gasteiger partial charge in [0, 0.05) is 94.1 Å². The molecular formula is C14H13N5OY2-2. The number of nitrogens with zero attached hydrogens (tertiary/aromatic N) is 2. The first-order valence-corrected chi connectivity index (χ1v) is 6.02. The summed E-state index contributed by atoms with van der Waals surface area (Å²) in [5, 5.41) is 2.08. The molecule has 2 heterocycles. The SMILES string of the molecule is C=c1c2cc(C(N)=O)nc3c([NH-])c(C)c([NH-])c(c32)n1C.[Y].[Y]. The summed E-state index contributed by atoms with van der Waals surface area (Å²) in [6.07, 6.45) is 0. The van der Waals surface area contributed by atoms with Crippen molar-refractivity contribution in [3.05, 3.63) is 34.1 Å². The summed E-state index contributed by atoms with van der Waals surface area (Å²) >= 11 is 0. The van der Waals surface area contributed by atoms with E-state index in [-0.39, 0.29) is 76.8 Å². The molecule has 2 radical (unpaired) electrons. The van der Waals surface area contributed by atoms with Gasteiger partial charge in [-0.15, -0.1) is 11.4 Å². The van der Waals surface area contributed by atoms with Gasteiger partial charge in [0.2, 0.25) is 0 Å². The summed E-state index contributed by atoms with van der Waals surface area (Å²) in [6.45, 7) is 5.68. The molecule has 108 valence electrons. The van der Waals surface area contributed by atoms with Crippen molar-refractivity contribution in [2.24, 2.45) is 12.8 Å². The summed E-state index contributed by atoms with van der Waals surface area (Å²) in [5.74, 6) is -0.640. The molecule has 0 bridgehead atoms. The second-order valence-electron chi connectivity index (χ2n) is 4.87. The molecule has 3 aromatic rings. The molecule has 2 aromatic heterocycles. The number of hydrogen-bond acceptors (Lipinski definition) is 2. The van der Waals surface area contributed by atoms with E-state index in [1.165, 1.54) is 0 Å². The molecule has 0 saturated heterocycles. The normalized spacial score (nSPS) is 10.5. The first-order chi connectivity index (χ1) is 9.34. The standard InChI is InChI=1S/C14H14N5O.2Y/c1-5-10(15)12-9-7(4-8(18-12)14(17)20)6(2)19(3)13(9)11(5)16;;/h4H,2H2,1,3H3,(H5-,15,16,17,20);;/q-1;;/p-1. The average molecular weight is 445 g/mol. The van der Waals surface area contributed by atoms with Crippen molar-refractivity contribution in [1.82, 2.24) is 9.55 Å². The van der Waals surface area contributed by atoms with Gasteiger partial charge in [0.1, 0.15) is 5.69 Å². The number of primary amides is 1. The van der Waals surface area contributed by atoms with Gasteiger partial charge in [0.05, 0.1) is 5.52 Å². The minimum Gasteiger partial charge on any atom is -0.697 e. The average Bonchev–Trinajstić information content (AvgIpc) is 2.67. The summed E-state index contributed by atoms with van der Waals surface area (Å²) < 4.78 is 1.79. The van der Waals surface area contributed by atoms with E-state index in [9.17, 15) is 4.79 Å². The van der Waals surface area contributed by atoms with E-state index < -0.39 is 5.91 Å². The largest absolute Gasteiger partial charge is 0.697 e. The number of benzene rings is 1. The quantitative estimate of drug-likeness (QED) is 0.622. The Hall–Kier alpha value is -0.552. The molecule has 3 rings (SSSR count). The van der Waals surface area contributed by atoms with Crippen molar-refractivity contribution in [3.8, 4) is 0 Å². The van der Waals surface area contributed by atoms with Crippen LogP contribution in [-0.4, -0.2) is 15.5 Å². The van der Waals surface area contributed by atoms with Crippen LogP contribution in [0.1, 0.15) is 16.1 Å². The van der Waals surface area contributed by atoms with Gasteiger partial charge in [-0.2, -0.15) is 0 Å². The number of nitrogens with one attached hydrogen (secondary N) is 2. The Kier molecular flexibility index (Phi) is 5.77. The monoisotopic (exact) mass is 445 g/mol. The maximum Gasteiger partial charge on any atom is 0.267 e. The Labute approximate surface area is 177 Å². The van der Waals surface area contributed by atoms with E-state index in [0.717, 1.165) is 0 Å². The Morgan fingerprint density at radius 2 is 1.91 bits per heavy atom. The molecule has 0 fully saturated rings. The molecule has 0 aliphatic rings. The van der Waals surface area contributed by atoms with Crippen molar-refractivity contribution < 1.29 is 70.2 Å². The number of hydrogen-bond donors (Lipinski definition) is 1. The molecule has 4 N–H and O–H groups in total. The Bertz CT molecular complexity index is 948. The summed E-state index contributed by atoms with van der Waals surface area (Å²) in [6, 6.07) is 1.58. The second kappa shape index (κ2) is 6.52. The van der Waals surface area contributed by atoms with Crippen molar-refractivity contribution in [1.29, 1.82) is 0 Å². The number of nitrogens with two attached hydrogens (primary N) is 1. The molecule has 0 aliphatic heterocycles. The fourth-order valence-corrected chi connectivity index (χ4v) is 2.58. The summed E-state index contributed by atoms with van der Waals surface area (Å²) in [4.78, 5) is 15.6. The minimum absolute atomic E-state index is 0. The number of aromatic nitrogens is 2. The van der Waals surface area contributed by atoms with E-state index in [2.05, 4.69) is 11.6 Å². The second-order valence-corrected chi connectivity index (χ2v) is 4.87. The van der Waals surface area contributed by atoms with E-state index in [1.807, 2.05) is 7.05 Å². The van der Waals surface area contributed by atoms with Gasteiger partial charge in [0.25, 0.3) is 5.91 Å². The van der Waals surface area contributed by atoms with E-state index in [4.69, 9.17) is 17.2 Å². The van der Waals surface area contributed by atoms with Gasteiger partial charge in [-0.1, -0.05) is 12.1 Å². The molecule has 0 unspecified atom stereocenters. The van der Waals surface area contributed by atoms with Crippen LogP contribution < -0.4 is 11.1 Å². The summed E-state index contributed by atoms with van der Waals surface area (Å²) in [5.41, 5.74) is 23.8. The van der Waals surface area contributed by atoms with Crippen molar-refractivity contribution in [2.45, 2.75) is 6.92 Å². The molecule has 0 aliphatic carbocycles. The third-order valence-electron chi connectivity index (χ3n) is 3.78. The van der Waals surface area contributed by atoms with Gasteiger partial charge in [-0.05, 0) is 13.0 Å². The zero-order valence-electron chi connectivity index (χ0n) is 12.3. The van der Waals surface area contributed by atoms with Crippen LogP contribution in [0.4, 0.5) is 11.4 Å². The topological polar surface area (TPSA) is 109 Å². The van der Waals surface area contributed by atoms with Crippen molar-refractivity contribution in [2.75, 3.05) is 0 Å². The van der Waals surface area contributed by atoms with Crippen LogP contribution in [0, 0.1) is 6.92 Å². The zero-order valence-corrected chi connectivity index (χ0v) is 18.0. The predicted molar refractivity (Wildman–Crippen MR) is 80.2 cm³/mol. The Balaban J connectivity index is 0.00000121. The number of carbonyl (C=O) groups is 1. The smallest absolute Gasteiger partial charge is 0.267 e. The van der Waals surface area contributed by atoms with Crippen LogP contribution in [-0.2, 0) is 72.5 Å². The first-order valence-electron chi connectivity index (χ1n) is 6.02. The predicted octanol–water partition coefficient (Wildman–Crippen LogP) is 2.63. The fraction of sp³-hybridized carbons (Fsp3) is 0.143. The molecule has 0 spiro atoms. The molecule has 8 heteroatoms. The molecular weight excluding hydrogens is 432 g/mol. The van der Waals surface area contributed by atoms with Crippen LogP contribution in [0.3, 0.4) is 0 Å². The van der Waals surface area contributed by atoms with E-state index >= 15 is 0 Å². The Morgan fingerprint density at radius 3 is 2.45 bits per heavy atom. The molecule has 0 atom stereocenters. The van der Waals surface area contributed by atoms with Crippen molar-refractivity contribution >= 4 is 45.7 Å². The molecule has 0 saturated carbocycles. The number of carbonyl (C=O) groups excluding carboxylic acids is 1. The van der Waals surface area contributed by atoms with Gasteiger partial charge < -0.3 is 21.8 Å². The van der Waals surface area contributed by atoms with Gasteiger partial charge >= 0.3 is 0 Å². The van der Waals surface area contributed by atoms with Crippen LogP contribution in [0.2, 0.25) is 0 Å². The van der Waals surface area contributed by atoms with Gasteiger partial charge in [0.15, 0.2) is 0 Å². The maximum atomic E-state index is 11.4. The van der Waals surface area contributed by atoms with Crippen LogP contribution >= 0.6 is 0 Å². The third-order valence-corrected chi connectivity index (χ3v) is 3.78. The van der Waals surface area contributed by atoms with Crippen LogP contribution in [0.5, 0.6) is 0 Å². The van der Waals surface area contributed by atoms with Gasteiger partial charge in [-0.25, -0.2) is 4.98 Å². The molecule has 22 heavy (non-hydrogen) atoms. The number of aryl methyl sites for hydroxylation is 1. The van der Waals surface area contributed by atoms with Gasteiger partial charge in [-0.3, -0.25) is 4.79 Å². The summed E-state index contributed by atoms with van der Waals surface area (Å²) in [7, 11) is 1.81. The number of amides is 1.